The maximum absolute atomic E-state index is 12.3. The number of rotatable bonds is 3. The van der Waals surface area contributed by atoms with Crippen molar-refractivity contribution in [3.8, 4) is 0 Å². The Balaban J connectivity index is 1.88. The average molecular weight is 393 g/mol. The zero-order valence-corrected chi connectivity index (χ0v) is 14.8. The highest BCUT2D eigenvalue weighted by molar-refractivity contribution is 9.11. The van der Waals surface area contributed by atoms with E-state index in [-0.39, 0.29) is 0 Å². The monoisotopic (exact) mass is 392 g/mol. The molecular weight excluding hydrogens is 380 g/mol. The second-order valence-electron chi connectivity index (χ2n) is 4.72. The van der Waals surface area contributed by atoms with Gasteiger partial charge in [-0.15, -0.1) is 22.7 Å². The number of fused-ring (bicyclic) bond motifs is 1. The van der Waals surface area contributed by atoms with Gasteiger partial charge in [0.25, 0.3) is 10.0 Å². The lowest BCUT2D eigenvalue weighted by molar-refractivity contribution is 0.603. The van der Waals surface area contributed by atoms with E-state index < -0.39 is 10.0 Å². The van der Waals surface area contributed by atoms with Crippen LogP contribution in [0.15, 0.2) is 14.1 Å². The quantitative estimate of drug-likeness (QED) is 0.859. The van der Waals surface area contributed by atoms with E-state index >= 15 is 0 Å². The topological polar surface area (TPSA) is 59.1 Å². The van der Waals surface area contributed by atoms with E-state index in [9.17, 15) is 8.42 Å². The maximum Gasteiger partial charge on any atom is 0.273 e. The summed E-state index contributed by atoms with van der Waals surface area (Å²) in [6.07, 6.45) is 4.27. The van der Waals surface area contributed by atoms with Crippen molar-refractivity contribution in [2.45, 2.75) is 36.8 Å². The Morgan fingerprint density at radius 1 is 1.30 bits per heavy atom. The summed E-state index contributed by atoms with van der Waals surface area (Å²) in [5.41, 5.74) is 1.98. The molecule has 108 valence electrons. The largest absolute Gasteiger partial charge is 0.273 e. The smallest absolute Gasteiger partial charge is 0.254 e. The molecule has 20 heavy (non-hydrogen) atoms. The molecule has 0 spiro atoms. The van der Waals surface area contributed by atoms with E-state index in [0.29, 0.717) is 9.34 Å². The molecule has 0 amide bonds. The minimum absolute atomic E-state index is 0.315. The molecule has 2 heterocycles. The molecule has 0 saturated heterocycles. The van der Waals surface area contributed by atoms with Crippen LogP contribution in [0.1, 0.15) is 29.0 Å². The van der Waals surface area contributed by atoms with Crippen LogP contribution in [0.2, 0.25) is 0 Å². The normalized spacial score (nSPS) is 15.1. The molecule has 8 heteroatoms. The molecule has 4 nitrogen and oxygen atoms in total. The number of thiophene rings is 1. The van der Waals surface area contributed by atoms with Crippen molar-refractivity contribution in [3.63, 3.8) is 0 Å². The molecule has 1 aliphatic rings. The number of thiazole rings is 1. The van der Waals surface area contributed by atoms with Crippen LogP contribution in [-0.4, -0.2) is 13.4 Å². The third kappa shape index (κ3) is 2.79. The van der Waals surface area contributed by atoms with Crippen molar-refractivity contribution in [2.75, 3.05) is 4.72 Å². The van der Waals surface area contributed by atoms with Gasteiger partial charge in [0, 0.05) is 4.88 Å². The van der Waals surface area contributed by atoms with Gasteiger partial charge in [-0.25, -0.2) is 13.4 Å². The molecule has 0 aromatic carbocycles. The van der Waals surface area contributed by atoms with Gasteiger partial charge in [0.15, 0.2) is 5.13 Å². The summed E-state index contributed by atoms with van der Waals surface area (Å²) in [6, 6.07) is 1.67. The van der Waals surface area contributed by atoms with E-state index in [1.165, 1.54) is 34.0 Å². The predicted octanol–water partition coefficient (Wildman–Crippen LogP) is 3.96. The van der Waals surface area contributed by atoms with Gasteiger partial charge < -0.3 is 0 Å². The standard InChI is InChI=1S/C12H13BrN2O2S3/c1-7-6-10(19-11(7)13)20(16,17)15-12-14-8-4-2-3-5-9(8)18-12/h6H,2-5H2,1H3,(H,14,15). The van der Waals surface area contributed by atoms with Crippen molar-refractivity contribution in [2.24, 2.45) is 0 Å². The summed E-state index contributed by atoms with van der Waals surface area (Å²) in [4.78, 5) is 5.63. The van der Waals surface area contributed by atoms with Crippen molar-refractivity contribution in [3.05, 3.63) is 26.0 Å². The van der Waals surface area contributed by atoms with E-state index in [4.69, 9.17) is 0 Å². The summed E-state index contributed by atoms with van der Waals surface area (Å²) in [5, 5.41) is 0.485. The predicted molar refractivity (Wildman–Crippen MR) is 86.3 cm³/mol. The highest BCUT2D eigenvalue weighted by Gasteiger charge is 2.22. The molecule has 0 aliphatic heterocycles. The first-order chi connectivity index (χ1) is 9.45. The second-order valence-corrected chi connectivity index (χ2v) is 10.1. The fraction of sp³-hybridized carbons (Fsp3) is 0.417. The Morgan fingerprint density at radius 3 is 2.70 bits per heavy atom. The van der Waals surface area contributed by atoms with E-state index in [2.05, 4.69) is 25.6 Å². The molecule has 2 aromatic rings. The highest BCUT2D eigenvalue weighted by Crippen LogP contribution is 2.34. The summed E-state index contributed by atoms with van der Waals surface area (Å²) in [5.74, 6) is 0. The minimum Gasteiger partial charge on any atom is -0.254 e. The van der Waals surface area contributed by atoms with Crippen molar-refractivity contribution < 1.29 is 8.42 Å². The average Bonchev–Trinajstić information content (AvgIpc) is 2.93. The third-order valence-corrected chi connectivity index (χ3v) is 8.32. The number of halogens is 1. The van der Waals surface area contributed by atoms with Gasteiger partial charge in [0.1, 0.15) is 4.21 Å². The number of hydrogen-bond donors (Lipinski definition) is 1. The number of sulfonamides is 1. The Labute approximate surface area is 134 Å². The summed E-state index contributed by atoms with van der Waals surface area (Å²) >= 11 is 6.03. The number of nitrogens with zero attached hydrogens (tertiary/aromatic N) is 1. The fourth-order valence-electron chi connectivity index (χ4n) is 2.13. The van der Waals surface area contributed by atoms with Crippen LogP contribution in [0.25, 0.3) is 0 Å². The molecule has 3 rings (SSSR count). The molecule has 0 radical (unpaired) electrons. The van der Waals surface area contributed by atoms with Crippen LogP contribution in [0, 0.1) is 6.92 Å². The number of aromatic nitrogens is 1. The lowest BCUT2D eigenvalue weighted by atomic mass is 10.0. The van der Waals surface area contributed by atoms with Crippen molar-refractivity contribution in [1.82, 2.24) is 4.98 Å². The third-order valence-electron chi connectivity index (χ3n) is 3.17. The van der Waals surface area contributed by atoms with Gasteiger partial charge in [0.05, 0.1) is 9.48 Å². The lowest BCUT2D eigenvalue weighted by Crippen LogP contribution is -2.11. The molecule has 1 aliphatic carbocycles. The maximum atomic E-state index is 12.3. The van der Waals surface area contributed by atoms with Crippen LogP contribution >= 0.6 is 38.6 Å². The fourth-order valence-corrected chi connectivity index (χ4v) is 6.64. The first kappa shape index (κ1) is 14.5. The molecule has 0 fully saturated rings. The zero-order chi connectivity index (χ0) is 14.3. The van der Waals surface area contributed by atoms with Crippen LogP contribution in [0.3, 0.4) is 0 Å². The number of anilines is 1. The number of aryl methyl sites for hydroxylation is 3. The highest BCUT2D eigenvalue weighted by atomic mass is 79.9. The van der Waals surface area contributed by atoms with Crippen molar-refractivity contribution >= 4 is 53.8 Å². The SMILES string of the molecule is Cc1cc(S(=O)(=O)Nc2nc3c(s2)CCCC3)sc1Br. The molecule has 2 aromatic heterocycles. The van der Waals surface area contributed by atoms with Crippen LogP contribution in [0.4, 0.5) is 5.13 Å². The van der Waals surface area contributed by atoms with Gasteiger partial charge in [-0.2, -0.15) is 0 Å². The Morgan fingerprint density at radius 2 is 2.05 bits per heavy atom. The molecule has 0 unspecified atom stereocenters. The summed E-state index contributed by atoms with van der Waals surface area (Å²) in [6.45, 7) is 1.88. The Kier molecular flexibility index (Phi) is 3.91. The Bertz CT molecular complexity index is 706. The molecular formula is C12H13BrN2O2S3. The second kappa shape index (κ2) is 5.40. The van der Waals surface area contributed by atoms with Gasteiger partial charge in [-0.05, 0) is 60.2 Å². The first-order valence-corrected chi connectivity index (χ1v) is 10.1. The molecule has 1 N–H and O–H groups in total. The Hall–Kier alpha value is -0.440. The molecule has 0 atom stereocenters. The minimum atomic E-state index is -3.53. The lowest BCUT2D eigenvalue weighted by Gasteiger charge is -2.06. The number of hydrogen-bond acceptors (Lipinski definition) is 5. The first-order valence-electron chi connectivity index (χ1n) is 6.23. The van der Waals surface area contributed by atoms with Gasteiger partial charge in [0.2, 0.25) is 0 Å². The van der Waals surface area contributed by atoms with Gasteiger partial charge in [-0.1, -0.05) is 0 Å². The van der Waals surface area contributed by atoms with E-state index in [1.807, 2.05) is 6.92 Å². The van der Waals surface area contributed by atoms with Crippen LogP contribution in [0.5, 0.6) is 0 Å². The zero-order valence-electron chi connectivity index (χ0n) is 10.8. The van der Waals surface area contributed by atoms with E-state index in [0.717, 1.165) is 34.3 Å². The molecule has 0 saturated carbocycles. The van der Waals surface area contributed by atoms with E-state index in [1.54, 1.807) is 6.07 Å². The van der Waals surface area contributed by atoms with Gasteiger partial charge in [-0.3, -0.25) is 4.72 Å². The molecule has 0 bridgehead atoms. The summed E-state index contributed by atoms with van der Waals surface area (Å²) in [7, 11) is -3.53. The van der Waals surface area contributed by atoms with Crippen LogP contribution < -0.4 is 4.72 Å². The van der Waals surface area contributed by atoms with Gasteiger partial charge >= 0.3 is 0 Å². The summed E-state index contributed by atoms with van der Waals surface area (Å²) < 4.78 is 28.4. The number of nitrogens with one attached hydrogen (secondary N) is 1. The van der Waals surface area contributed by atoms with Crippen molar-refractivity contribution in [1.29, 1.82) is 0 Å². The van der Waals surface area contributed by atoms with Crippen LogP contribution in [-0.2, 0) is 22.9 Å².